The Bertz CT molecular complexity index is 883. The van der Waals surface area contributed by atoms with Crippen LogP contribution >= 0.6 is 27.7 Å². The number of rotatable bonds is 8. The molecule has 3 aromatic rings. The highest BCUT2D eigenvalue weighted by molar-refractivity contribution is 9.10. The second-order valence-corrected chi connectivity index (χ2v) is 6.96. The molecule has 136 valence electrons. The SMILES string of the molecule is COC(=O)CCCc1nc(CSc2nnc(-c3ccccc3Br)o2)no1. The van der Waals surface area contributed by atoms with Crippen molar-refractivity contribution in [3.63, 3.8) is 0 Å². The van der Waals surface area contributed by atoms with Gasteiger partial charge in [-0.05, 0) is 34.5 Å². The summed E-state index contributed by atoms with van der Waals surface area (Å²) in [5.41, 5.74) is 0.833. The fourth-order valence-electron chi connectivity index (χ4n) is 2.07. The van der Waals surface area contributed by atoms with Crippen molar-refractivity contribution >= 4 is 33.7 Å². The second kappa shape index (κ2) is 8.95. The van der Waals surface area contributed by atoms with Gasteiger partial charge in [-0.1, -0.05) is 29.1 Å². The van der Waals surface area contributed by atoms with Gasteiger partial charge >= 0.3 is 5.97 Å². The predicted molar refractivity (Wildman–Crippen MR) is 96.2 cm³/mol. The zero-order valence-electron chi connectivity index (χ0n) is 13.8. The van der Waals surface area contributed by atoms with Crippen LogP contribution in [0.4, 0.5) is 0 Å². The molecule has 2 heterocycles. The first-order valence-corrected chi connectivity index (χ1v) is 9.53. The molecule has 0 atom stereocenters. The van der Waals surface area contributed by atoms with E-state index >= 15 is 0 Å². The van der Waals surface area contributed by atoms with Crippen molar-refractivity contribution < 1.29 is 18.5 Å². The van der Waals surface area contributed by atoms with E-state index in [9.17, 15) is 4.79 Å². The van der Waals surface area contributed by atoms with E-state index in [1.54, 1.807) is 0 Å². The van der Waals surface area contributed by atoms with E-state index < -0.39 is 0 Å². The maximum atomic E-state index is 11.1. The van der Waals surface area contributed by atoms with Crippen molar-refractivity contribution in [2.75, 3.05) is 7.11 Å². The molecule has 26 heavy (non-hydrogen) atoms. The van der Waals surface area contributed by atoms with E-state index in [0.717, 1.165) is 10.0 Å². The van der Waals surface area contributed by atoms with Crippen LogP contribution in [0.2, 0.25) is 0 Å². The smallest absolute Gasteiger partial charge is 0.305 e. The standard InChI is InChI=1S/C16H15BrN4O4S/c1-23-14(22)8-4-7-13-18-12(21-25-13)9-26-16-20-19-15(24-16)10-5-2-3-6-11(10)17/h2-3,5-6H,4,7-9H2,1H3. The summed E-state index contributed by atoms with van der Waals surface area (Å²) in [5, 5.41) is 12.4. The molecule has 0 radical (unpaired) electrons. The summed E-state index contributed by atoms with van der Waals surface area (Å²) >= 11 is 4.78. The second-order valence-electron chi connectivity index (χ2n) is 5.18. The molecule has 1 aromatic carbocycles. The van der Waals surface area contributed by atoms with Crippen molar-refractivity contribution in [2.24, 2.45) is 0 Å². The average molecular weight is 439 g/mol. The molecule has 0 amide bonds. The van der Waals surface area contributed by atoms with Crippen molar-refractivity contribution in [3.8, 4) is 11.5 Å². The Morgan fingerprint density at radius 1 is 1.31 bits per heavy atom. The molecule has 0 fully saturated rings. The van der Waals surface area contributed by atoms with Crippen LogP contribution in [0, 0.1) is 0 Å². The molecule has 0 spiro atoms. The summed E-state index contributed by atoms with van der Waals surface area (Å²) in [6, 6.07) is 7.62. The Hall–Kier alpha value is -2.20. The summed E-state index contributed by atoms with van der Waals surface area (Å²) in [6.07, 6.45) is 1.45. The topological polar surface area (TPSA) is 104 Å². The minimum absolute atomic E-state index is 0.252. The summed E-state index contributed by atoms with van der Waals surface area (Å²) < 4.78 is 16.3. The number of nitrogens with zero attached hydrogens (tertiary/aromatic N) is 4. The number of aryl methyl sites for hydroxylation is 1. The van der Waals surface area contributed by atoms with Gasteiger partial charge in [0.05, 0.1) is 18.4 Å². The maximum absolute atomic E-state index is 11.1. The average Bonchev–Trinajstić information content (AvgIpc) is 3.29. The first-order chi connectivity index (χ1) is 12.7. The van der Waals surface area contributed by atoms with Crippen molar-refractivity contribution in [1.29, 1.82) is 0 Å². The number of methoxy groups -OCH3 is 1. The first-order valence-electron chi connectivity index (χ1n) is 7.75. The Kier molecular flexibility index (Phi) is 6.40. The van der Waals surface area contributed by atoms with Gasteiger partial charge in [0.15, 0.2) is 5.82 Å². The lowest BCUT2D eigenvalue weighted by atomic mass is 10.2. The number of benzene rings is 1. The predicted octanol–water partition coefficient (Wildman–Crippen LogP) is 3.67. The number of esters is 1. The minimum atomic E-state index is -0.252. The van der Waals surface area contributed by atoms with Gasteiger partial charge in [0.2, 0.25) is 11.8 Å². The number of hydrogen-bond donors (Lipinski definition) is 0. The first kappa shape index (κ1) is 18.6. The van der Waals surface area contributed by atoms with Crippen LogP contribution in [0.3, 0.4) is 0 Å². The molecule has 3 rings (SSSR count). The molecule has 0 saturated carbocycles. The van der Waals surface area contributed by atoms with Crippen molar-refractivity contribution in [3.05, 3.63) is 40.5 Å². The molecule has 0 aliphatic rings. The van der Waals surface area contributed by atoms with Crippen LogP contribution in [-0.4, -0.2) is 33.4 Å². The summed E-state index contributed by atoms with van der Waals surface area (Å²) in [7, 11) is 1.36. The van der Waals surface area contributed by atoms with Crippen LogP contribution in [-0.2, 0) is 21.7 Å². The summed E-state index contributed by atoms with van der Waals surface area (Å²) in [5.74, 6) is 1.65. The number of halogens is 1. The fourth-order valence-corrected chi connectivity index (χ4v) is 3.13. The number of thioether (sulfide) groups is 1. The zero-order chi connectivity index (χ0) is 18.4. The Labute approximate surface area is 161 Å². The summed E-state index contributed by atoms with van der Waals surface area (Å²) in [4.78, 5) is 15.4. The highest BCUT2D eigenvalue weighted by atomic mass is 79.9. The van der Waals surface area contributed by atoms with Gasteiger partial charge in [-0.2, -0.15) is 4.98 Å². The van der Waals surface area contributed by atoms with Crippen LogP contribution in [0.25, 0.3) is 11.5 Å². The highest BCUT2D eigenvalue weighted by Gasteiger charge is 2.13. The Balaban J connectivity index is 1.52. The van der Waals surface area contributed by atoms with E-state index in [4.69, 9.17) is 8.94 Å². The summed E-state index contributed by atoms with van der Waals surface area (Å²) in [6.45, 7) is 0. The number of aromatic nitrogens is 4. The maximum Gasteiger partial charge on any atom is 0.305 e. The highest BCUT2D eigenvalue weighted by Crippen LogP contribution is 2.29. The number of hydrogen-bond acceptors (Lipinski definition) is 9. The molecule has 0 aliphatic carbocycles. The quantitative estimate of drug-likeness (QED) is 0.384. The number of carbonyl (C=O) groups is 1. The molecule has 8 nitrogen and oxygen atoms in total. The molecule has 0 unspecified atom stereocenters. The van der Waals surface area contributed by atoms with Crippen LogP contribution in [0.15, 0.2) is 42.9 Å². The van der Waals surface area contributed by atoms with E-state index in [2.05, 4.69) is 41.0 Å². The molecule has 0 N–H and O–H groups in total. The van der Waals surface area contributed by atoms with Crippen LogP contribution < -0.4 is 0 Å². The number of ether oxygens (including phenoxy) is 1. The van der Waals surface area contributed by atoms with Gasteiger partial charge in [0.1, 0.15) is 0 Å². The van der Waals surface area contributed by atoms with Crippen molar-refractivity contribution in [2.45, 2.75) is 30.2 Å². The largest absolute Gasteiger partial charge is 0.469 e. The molecule has 0 bridgehead atoms. The van der Waals surface area contributed by atoms with E-state index in [0.29, 0.717) is 47.8 Å². The lowest BCUT2D eigenvalue weighted by Gasteiger charge is -1.97. The van der Waals surface area contributed by atoms with Gasteiger partial charge in [-0.3, -0.25) is 4.79 Å². The Morgan fingerprint density at radius 3 is 2.96 bits per heavy atom. The van der Waals surface area contributed by atoms with Crippen molar-refractivity contribution in [1.82, 2.24) is 20.3 Å². The third-order valence-electron chi connectivity index (χ3n) is 3.34. The van der Waals surface area contributed by atoms with E-state index in [1.807, 2.05) is 24.3 Å². The third-order valence-corrected chi connectivity index (χ3v) is 4.85. The minimum Gasteiger partial charge on any atom is -0.469 e. The van der Waals surface area contributed by atoms with Gasteiger partial charge in [-0.15, -0.1) is 10.2 Å². The Morgan fingerprint density at radius 2 is 2.15 bits per heavy atom. The monoisotopic (exact) mass is 438 g/mol. The van der Waals surface area contributed by atoms with E-state index in [1.165, 1.54) is 18.9 Å². The third kappa shape index (κ3) is 4.92. The molecule has 0 aliphatic heterocycles. The van der Waals surface area contributed by atoms with Gasteiger partial charge in [0.25, 0.3) is 5.22 Å². The molecule has 10 heteroatoms. The van der Waals surface area contributed by atoms with Crippen LogP contribution in [0.5, 0.6) is 0 Å². The molecule has 0 saturated heterocycles. The fraction of sp³-hybridized carbons (Fsp3) is 0.312. The van der Waals surface area contributed by atoms with Gasteiger partial charge in [0, 0.05) is 17.3 Å². The lowest BCUT2D eigenvalue weighted by molar-refractivity contribution is -0.140. The molecular formula is C16H15BrN4O4S. The van der Waals surface area contributed by atoms with Crippen LogP contribution in [0.1, 0.15) is 24.6 Å². The molecule has 2 aromatic heterocycles. The number of carbonyl (C=O) groups excluding carboxylic acids is 1. The lowest BCUT2D eigenvalue weighted by Crippen LogP contribution is -2.00. The van der Waals surface area contributed by atoms with E-state index in [-0.39, 0.29) is 5.97 Å². The van der Waals surface area contributed by atoms with Gasteiger partial charge in [-0.25, -0.2) is 0 Å². The normalized spacial score (nSPS) is 10.8. The van der Waals surface area contributed by atoms with Gasteiger partial charge < -0.3 is 13.7 Å². The zero-order valence-corrected chi connectivity index (χ0v) is 16.2. The molecular weight excluding hydrogens is 424 g/mol.